The number of nitrogens with zero attached hydrogens (tertiary/aromatic N) is 3. The van der Waals surface area contributed by atoms with Crippen LogP contribution < -0.4 is 9.64 Å². The van der Waals surface area contributed by atoms with Crippen LogP contribution in [-0.4, -0.2) is 72.6 Å². The Hall–Kier alpha value is -1.51. The fourth-order valence-corrected chi connectivity index (χ4v) is 4.36. The van der Waals surface area contributed by atoms with Crippen molar-refractivity contribution in [2.45, 2.75) is 26.2 Å². The highest BCUT2D eigenvalue weighted by atomic mass is 35.5. The van der Waals surface area contributed by atoms with E-state index in [4.69, 9.17) is 4.74 Å². The van der Waals surface area contributed by atoms with E-state index in [1.807, 2.05) is 6.92 Å². The van der Waals surface area contributed by atoms with Gasteiger partial charge >= 0.3 is 0 Å². The third-order valence-corrected chi connectivity index (χ3v) is 5.99. The standard InChI is InChI=1S/C20H28FN3O3S.ClH/c1-2-27-18-7-6-16(21)14-17(18)23-12-10-22(11-13-23)8-4-3-5-9-24-19(25)15-28-20(24)26;/h6-7,14H,2-5,8-13,15H2,1H3;1H. The van der Waals surface area contributed by atoms with Crippen LogP contribution in [0.25, 0.3) is 0 Å². The summed E-state index contributed by atoms with van der Waals surface area (Å²) in [5.74, 6) is 0.727. The van der Waals surface area contributed by atoms with Crippen molar-refractivity contribution in [3.05, 3.63) is 24.0 Å². The van der Waals surface area contributed by atoms with Crippen molar-refractivity contribution in [1.29, 1.82) is 0 Å². The number of imide groups is 1. The van der Waals surface area contributed by atoms with E-state index < -0.39 is 0 Å². The number of ether oxygens (including phenoxy) is 1. The molecule has 29 heavy (non-hydrogen) atoms. The summed E-state index contributed by atoms with van der Waals surface area (Å²) in [6.45, 7) is 7.59. The Balaban J connectivity index is 0.00000300. The normalized spacial score (nSPS) is 17.6. The minimum absolute atomic E-state index is 0. The van der Waals surface area contributed by atoms with Crippen LogP contribution in [0, 0.1) is 5.82 Å². The van der Waals surface area contributed by atoms with Crippen molar-refractivity contribution >= 4 is 41.0 Å². The molecule has 2 aliphatic heterocycles. The van der Waals surface area contributed by atoms with Crippen molar-refractivity contribution in [2.75, 3.05) is 56.5 Å². The number of hydrogen-bond donors (Lipinski definition) is 0. The topological polar surface area (TPSA) is 53.1 Å². The summed E-state index contributed by atoms with van der Waals surface area (Å²) < 4.78 is 19.3. The van der Waals surface area contributed by atoms with Crippen molar-refractivity contribution in [2.24, 2.45) is 0 Å². The number of rotatable bonds is 9. The first-order chi connectivity index (χ1) is 13.6. The number of piperazine rings is 1. The van der Waals surface area contributed by atoms with Gasteiger partial charge in [-0.15, -0.1) is 12.4 Å². The summed E-state index contributed by atoms with van der Waals surface area (Å²) in [5, 5.41) is -0.107. The van der Waals surface area contributed by atoms with E-state index in [1.165, 1.54) is 11.0 Å². The largest absolute Gasteiger partial charge is 0.492 e. The Morgan fingerprint density at radius 1 is 1.07 bits per heavy atom. The van der Waals surface area contributed by atoms with Gasteiger partial charge in [-0.05, 0) is 38.4 Å². The maximum Gasteiger partial charge on any atom is 0.288 e. The molecule has 0 spiro atoms. The fourth-order valence-electron chi connectivity index (χ4n) is 3.61. The molecule has 3 rings (SSSR count). The number of benzene rings is 1. The fraction of sp³-hybridized carbons (Fsp3) is 0.600. The molecule has 0 radical (unpaired) electrons. The molecule has 6 nitrogen and oxygen atoms in total. The van der Waals surface area contributed by atoms with Gasteiger partial charge < -0.3 is 9.64 Å². The molecule has 0 bridgehead atoms. The summed E-state index contributed by atoms with van der Waals surface area (Å²) in [6, 6.07) is 4.70. The molecule has 1 aromatic rings. The molecule has 2 amide bonds. The monoisotopic (exact) mass is 445 g/mol. The second-order valence-electron chi connectivity index (χ2n) is 7.03. The van der Waals surface area contributed by atoms with Gasteiger partial charge in [-0.25, -0.2) is 4.39 Å². The Bertz CT molecular complexity index is 686. The second kappa shape index (κ2) is 11.6. The van der Waals surface area contributed by atoms with Gasteiger partial charge in [0.15, 0.2) is 0 Å². The van der Waals surface area contributed by atoms with E-state index in [2.05, 4.69) is 9.80 Å². The second-order valence-corrected chi connectivity index (χ2v) is 7.96. The maximum atomic E-state index is 13.7. The van der Waals surface area contributed by atoms with Crippen molar-refractivity contribution in [3.8, 4) is 5.75 Å². The summed E-state index contributed by atoms with van der Waals surface area (Å²) >= 11 is 1.10. The number of carbonyl (C=O) groups excluding carboxylic acids is 2. The Labute approximate surface area is 182 Å². The predicted octanol–water partition coefficient (Wildman–Crippen LogP) is 3.63. The first-order valence-corrected chi connectivity index (χ1v) is 10.9. The Kier molecular flexibility index (Phi) is 9.52. The molecular weight excluding hydrogens is 417 g/mol. The van der Waals surface area contributed by atoms with Crippen LogP contribution in [0.4, 0.5) is 14.9 Å². The minimum Gasteiger partial charge on any atom is -0.492 e. The molecule has 0 saturated carbocycles. The third-order valence-electron chi connectivity index (χ3n) is 5.13. The van der Waals surface area contributed by atoms with E-state index in [0.29, 0.717) is 18.9 Å². The van der Waals surface area contributed by atoms with E-state index in [1.54, 1.807) is 12.1 Å². The Morgan fingerprint density at radius 3 is 2.45 bits per heavy atom. The van der Waals surface area contributed by atoms with Crippen molar-refractivity contribution < 1.29 is 18.7 Å². The molecule has 0 N–H and O–H groups in total. The summed E-state index contributed by atoms with van der Waals surface area (Å²) in [4.78, 5) is 29.1. The summed E-state index contributed by atoms with van der Waals surface area (Å²) in [5.41, 5.74) is 0.833. The molecule has 2 heterocycles. The lowest BCUT2D eigenvalue weighted by Crippen LogP contribution is -2.46. The lowest BCUT2D eigenvalue weighted by molar-refractivity contribution is -0.124. The van der Waals surface area contributed by atoms with Crippen LogP contribution in [0.5, 0.6) is 5.75 Å². The first kappa shape index (κ1) is 23.8. The Morgan fingerprint density at radius 2 is 1.79 bits per heavy atom. The number of carbonyl (C=O) groups is 2. The first-order valence-electron chi connectivity index (χ1n) is 9.95. The smallest absolute Gasteiger partial charge is 0.288 e. The molecule has 0 aliphatic carbocycles. The maximum absolute atomic E-state index is 13.7. The van der Waals surface area contributed by atoms with Gasteiger partial charge in [-0.1, -0.05) is 18.2 Å². The lowest BCUT2D eigenvalue weighted by Gasteiger charge is -2.36. The van der Waals surface area contributed by atoms with Crippen LogP contribution >= 0.6 is 24.2 Å². The number of anilines is 1. The zero-order valence-corrected chi connectivity index (χ0v) is 18.4. The van der Waals surface area contributed by atoms with E-state index >= 15 is 0 Å². The van der Waals surface area contributed by atoms with Crippen LogP contribution in [0.3, 0.4) is 0 Å². The molecule has 0 atom stereocenters. The van der Waals surface area contributed by atoms with Gasteiger partial charge in [-0.2, -0.15) is 0 Å². The van der Waals surface area contributed by atoms with Gasteiger partial charge in [0.25, 0.3) is 5.24 Å². The highest BCUT2D eigenvalue weighted by Crippen LogP contribution is 2.30. The molecule has 0 unspecified atom stereocenters. The average Bonchev–Trinajstić information content (AvgIpc) is 3.02. The highest BCUT2D eigenvalue weighted by molar-refractivity contribution is 8.14. The highest BCUT2D eigenvalue weighted by Gasteiger charge is 2.29. The van der Waals surface area contributed by atoms with Crippen molar-refractivity contribution in [3.63, 3.8) is 0 Å². The molecule has 9 heteroatoms. The van der Waals surface area contributed by atoms with Gasteiger partial charge in [-0.3, -0.25) is 19.4 Å². The summed E-state index contributed by atoms with van der Waals surface area (Å²) in [6.07, 6.45) is 2.91. The SMILES string of the molecule is CCOc1ccc(F)cc1N1CCN(CCCCCN2C(=O)CSC2=O)CC1.Cl. The van der Waals surface area contributed by atoms with Crippen LogP contribution in [-0.2, 0) is 4.79 Å². The van der Waals surface area contributed by atoms with Gasteiger partial charge in [0, 0.05) is 38.8 Å². The van der Waals surface area contributed by atoms with E-state index in [9.17, 15) is 14.0 Å². The number of amides is 2. The number of halogens is 2. The molecule has 1 aromatic carbocycles. The number of thioether (sulfide) groups is 1. The minimum atomic E-state index is -0.241. The zero-order valence-electron chi connectivity index (χ0n) is 16.8. The van der Waals surface area contributed by atoms with E-state index in [0.717, 1.165) is 75.2 Å². The predicted molar refractivity (Wildman–Crippen MR) is 117 cm³/mol. The van der Waals surface area contributed by atoms with E-state index in [-0.39, 0.29) is 29.4 Å². The molecular formula is C20H29ClFN3O3S. The van der Waals surface area contributed by atoms with Crippen LogP contribution in [0.15, 0.2) is 18.2 Å². The number of unbranched alkanes of at least 4 members (excludes halogenated alkanes) is 2. The quantitative estimate of drug-likeness (QED) is 0.541. The lowest BCUT2D eigenvalue weighted by atomic mass is 10.2. The third kappa shape index (κ3) is 6.49. The van der Waals surface area contributed by atoms with Crippen molar-refractivity contribution in [1.82, 2.24) is 9.80 Å². The molecule has 2 saturated heterocycles. The molecule has 2 fully saturated rings. The molecule has 0 aromatic heterocycles. The van der Waals surface area contributed by atoms with Gasteiger partial charge in [0.1, 0.15) is 11.6 Å². The average molecular weight is 446 g/mol. The molecule has 162 valence electrons. The summed E-state index contributed by atoms with van der Waals surface area (Å²) in [7, 11) is 0. The van der Waals surface area contributed by atoms with Crippen LogP contribution in [0.2, 0.25) is 0 Å². The van der Waals surface area contributed by atoms with Gasteiger partial charge in [0.05, 0.1) is 18.0 Å². The number of hydrogen-bond acceptors (Lipinski definition) is 6. The van der Waals surface area contributed by atoms with Gasteiger partial charge in [0.2, 0.25) is 5.91 Å². The molecule has 2 aliphatic rings. The zero-order chi connectivity index (χ0) is 19.9. The van der Waals surface area contributed by atoms with Crippen LogP contribution in [0.1, 0.15) is 26.2 Å².